The van der Waals surface area contributed by atoms with Crippen LogP contribution >= 0.6 is 0 Å². The molecule has 0 radical (unpaired) electrons. The van der Waals surface area contributed by atoms with E-state index in [0.717, 1.165) is 29.5 Å². The van der Waals surface area contributed by atoms with Crippen molar-refractivity contribution in [3.63, 3.8) is 0 Å². The Morgan fingerprint density at radius 2 is 1.77 bits per heavy atom. The zero-order valence-corrected chi connectivity index (χ0v) is 26.3. The molecule has 0 amide bonds. The van der Waals surface area contributed by atoms with E-state index in [1.54, 1.807) is 6.20 Å². The highest BCUT2D eigenvalue weighted by atomic mass is 32.2. The van der Waals surface area contributed by atoms with Crippen LogP contribution in [-0.4, -0.2) is 65.1 Å². The standard InChI is InChI=1S/C30H31F3N8O6S/c1-2-41-26-22(18-36-23(20-8-4-3-5-9-20)24(26)37-28(41)25-27(34)39-47-38-25)45-17-7-6-15-35-16-14-19-10-12-21(13-11-19)48(43,44)40-46-29(42)30(31,32)33/h3-5,8-13,18,35,40H,2,6-7,14-17H2,1H3,(H2,34,39). The summed E-state index contributed by atoms with van der Waals surface area (Å²) in [7, 11) is -4.48. The number of aryl methyl sites for hydroxylation is 1. The monoisotopic (exact) mass is 688 g/mol. The quantitative estimate of drug-likeness (QED) is 0.106. The highest BCUT2D eigenvalue weighted by Gasteiger charge is 2.42. The summed E-state index contributed by atoms with van der Waals surface area (Å²) in [4.78, 5) is 24.7. The van der Waals surface area contributed by atoms with Crippen molar-refractivity contribution in [1.29, 1.82) is 0 Å². The maximum atomic E-state index is 12.2. The summed E-state index contributed by atoms with van der Waals surface area (Å²) in [6, 6.07) is 15.1. The van der Waals surface area contributed by atoms with E-state index in [2.05, 4.69) is 25.5 Å². The van der Waals surface area contributed by atoms with E-state index in [1.807, 2.05) is 41.8 Å². The summed E-state index contributed by atoms with van der Waals surface area (Å²) in [5, 5.41) is 11.0. The van der Waals surface area contributed by atoms with Gasteiger partial charge in [-0.2, -0.15) is 13.2 Å². The second-order valence-corrected chi connectivity index (χ2v) is 12.0. The minimum absolute atomic E-state index is 0.124. The number of unbranched alkanes of at least 4 members (excludes halogenated alkanes) is 1. The first-order valence-electron chi connectivity index (χ1n) is 14.7. The number of carbonyl (C=O) groups excluding carboxylic acids is 1. The maximum Gasteiger partial charge on any atom is 0.492 e. The number of aromatic nitrogens is 5. The van der Waals surface area contributed by atoms with Crippen molar-refractivity contribution in [2.45, 2.75) is 43.8 Å². The molecule has 5 rings (SSSR count). The van der Waals surface area contributed by atoms with Gasteiger partial charge in [0.25, 0.3) is 10.0 Å². The molecule has 3 aromatic heterocycles. The number of sulfonamides is 1. The molecule has 0 aliphatic carbocycles. The Labute approximate surface area is 272 Å². The number of nitrogen functional groups attached to an aromatic ring is 1. The lowest BCUT2D eigenvalue weighted by Gasteiger charge is -2.12. The van der Waals surface area contributed by atoms with Crippen molar-refractivity contribution in [2.75, 3.05) is 25.4 Å². The van der Waals surface area contributed by atoms with Gasteiger partial charge in [0.05, 0.1) is 23.4 Å². The number of carbonyl (C=O) groups is 1. The number of halogens is 3. The molecule has 18 heteroatoms. The lowest BCUT2D eigenvalue weighted by Crippen LogP contribution is -2.34. The molecule has 0 aliphatic heterocycles. The van der Waals surface area contributed by atoms with Crippen molar-refractivity contribution < 1.29 is 40.6 Å². The first kappa shape index (κ1) is 34.3. The third-order valence-corrected chi connectivity index (χ3v) is 8.33. The molecular weight excluding hydrogens is 657 g/mol. The van der Waals surface area contributed by atoms with Crippen molar-refractivity contribution in [3.8, 4) is 28.5 Å². The Balaban J connectivity index is 1.13. The fourth-order valence-electron chi connectivity index (χ4n) is 4.79. The Bertz CT molecular complexity index is 1970. The number of ether oxygens (including phenoxy) is 1. The second-order valence-electron chi connectivity index (χ2n) is 10.4. The van der Waals surface area contributed by atoms with Crippen molar-refractivity contribution >= 4 is 32.8 Å². The van der Waals surface area contributed by atoms with Gasteiger partial charge in [-0.25, -0.2) is 27.8 Å². The van der Waals surface area contributed by atoms with Crippen LogP contribution in [0.2, 0.25) is 0 Å². The molecule has 0 bridgehead atoms. The molecule has 48 heavy (non-hydrogen) atoms. The van der Waals surface area contributed by atoms with E-state index in [-0.39, 0.29) is 10.7 Å². The number of anilines is 1. The largest absolute Gasteiger partial charge is 0.492 e. The van der Waals surface area contributed by atoms with Crippen LogP contribution in [0.3, 0.4) is 0 Å². The smallest absolute Gasteiger partial charge is 0.490 e. The SMILES string of the molecule is CCn1c(-c2nonc2N)nc2c(-c3ccccc3)ncc(OCCCCNCCc3ccc(S(=O)(=O)NOC(=O)C(F)(F)F)cc3)c21. The van der Waals surface area contributed by atoms with Crippen molar-refractivity contribution in [1.82, 2.24) is 35.1 Å². The molecule has 14 nitrogen and oxygen atoms in total. The first-order chi connectivity index (χ1) is 23.0. The third kappa shape index (κ3) is 7.89. The fourth-order valence-corrected chi connectivity index (χ4v) is 5.57. The number of imidazole rings is 1. The average Bonchev–Trinajstić information content (AvgIpc) is 3.68. The maximum absolute atomic E-state index is 12.2. The topological polar surface area (TPSA) is 189 Å². The molecule has 0 aliphatic rings. The molecular formula is C30H31F3N8O6S. The Kier molecular flexibility index (Phi) is 10.6. The molecule has 3 heterocycles. The van der Waals surface area contributed by atoms with Gasteiger partial charge in [0.15, 0.2) is 23.1 Å². The predicted octanol–water partition coefficient (Wildman–Crippen LogP) is 4.04. The fraction of sp³-hybridized carbons (Fsp3) is 0.300. The van der Waals surface area contributed by atoms with Gasteiger partial charge in [-0.1, -0.05) is 42.5 Å². The lowest BCUT2D eigenvalue weighted by molar-refractivity contribution is -0.203. The second kappa shape index (κ2) is 14.8. The number of rotatable bonds is 15. The summed E-state index contributed by atoms with van der Waals surface area (Å²) in [5.74, 6) is -1.49. The average molecular weight is 689 g/mol. The van der Waals surface area contributed by atoms with Gasteiger partial charge < -0.3 is 25.2 Å². The molecule has 4 N–H and O–H groups in total. The van der Waals surface area contributed by atoms with E-state index in [9.17, 15) is 26.4 Å². The normalized spacial score (nSPS) is 12.0. The molecule has 0 fully saturated rings. The minimum Gasteiger partial charge on any atom is -0.490 e. The molecule has 0 unspecified atom stereocenters. The lowest BCUT2D eigenvalue weighted by atomic mass is 10.1. The van der Waals surface area contributed by atoms with Gasteiger partial charge >= 0.3 is 12.1 Å². The Hall–Kier alpha value is -5.07. The number of alkyl halides is 3. The van der Waals surface area contributed by atoms with Crippen LogP contribution in [0, 0.1) is 0 Å². The van der Waals surface area contributed by atoms with E-state index >= 15 is 0 Å². The van der Waals surface area contributed by atoms with Crippen LogP contribution in [0.4, 0.5) is 19.0 Å². The molecule has 254 valence electrons. The van der Waals surface area contributed by atoms with Crippen LogP contribution in [0.5, 0.6) is 5.75 Å². The minimum atomic E-state index is -5.33. The molecule has 0 atom stereocenters. The predicted molar refractivity (Wildman–Crippen MR) is 167 cm³/mol. The Morgan fingerprint density at radius 1 is 1.02 bits per heavy atom. The zero-order chi connectivity index (χ0) is 34.3. The summed E-state index contributed by atoms with van der Waals surface area (Å²) in [6.07, 6.45) is -1.53. The van der Waals surface area contributed by atoms with Gasteiger partial charge in [-0.05, 0) is 72.2 Å². The summed E-state index contributed by atoms with van der Waals surface area (Å²) < 4.78 is 73.9. The van der Waals surface area contributed by atoms with E-state index in [0.29, 0.717) is 61.1 Å². The van der Waals surface area contributed by atoms with Gasteiger partial charge in [-0.15, -0.1) is 0 Å². The molecule has 5 aromatic rings. The number of hydrogen-bond donors (Lipinski definition) is 3. The van der Waals surface area contributed by atoms with Gasteiger partial charge in [-0.3, -0.25) is 0 Å². The van der Waals surface area contributed by atoms with E-state index in [4.69, 9.17) is 20.1 Å². The number of benzene rings is 2. The van der Waals surface area contributed by atoms with Crippen LogP contribution < -0.4 is 20.7 Å². The van der Waals surface area contributed by atoms with Gasteiger partial charge in [0.2, 0.25) is 0 Å². The van der Waals surface area contributed by atoms with Crippen LogP contribution in [-0.2, 0) is 32.6 Å². The summed E-state index contributed by atoms with van der Waals surface area (Å²) in [5.41, 5.74) is 10.1. The Morgan fingerprint density at radius 3 is 2.44 bits per heavy atom. The third-order valence-electron chi connectivity index (χ3n) is 7.13. The van der Waals surface area contributed by atoms with E-state index in [1.165, 1.54) is 29.2 Å². The number of nitrogens with zero attached hydrogens (tertiary/aromatic N) is 5. The van der Waals surface area contributed by atoms with E-state index < -0.39 is 22.2 Å². The molecule has 0 spiro atoms. The summed E-state index contributed by atoms with van der Waals surface area (Å²) in [6.45, 7) is 4.23. The highest BCUT2D eigenvalue weighted by molar-refractivity contribution is 7.89. The number of hydrogen-bond acceptors (Lipinski definition) is 12. The van der Waals surface area contributed by atoms with Crippen LogP contribution in [0.1, 0.15) is 25.3 Å². The number of nitrogens with two attached hydrogens (primary N) is 1. The van der Waals surface area contributed by atoms with Crippen LogP contribution in [0.25, 0.3) is 33.8 Å². The van der Waals surface area contributed by atoms with Gasteiger partial charge in [0, 0.05) is 12.1 Å². The number of pyridine rings is 1. The molecule has 0 saturated carbocycles. The zero-order valence-electron chi connectivity index (χ0n) is 25.5. The first-order valence-corrected chi connectivity index (χ1v) is 16.2. The summed E-state index contributed by atoms with van der Waals surface area (Å²) >= 11 is 0. The van der Waals surface area contributed by atoms with Crippen molar-refractivity contribution in [3.05, 3.63) is 66.4 Å². The van der Waals surface area contributed by atoms with Gasteiger partial charge in [0.1, 0.15) is 11.0 Å². The molecule has 0 saturated heterocycles. The molecule has 2 aromatic carbocycles. The number of fused-ring (bicyclic) bond motifs is 1. The van der Waals surface area contributed by atoms with Crippen molar-refractivity contribution in [2.24, 2.45) is 0 Å². The number of nitrogens with one attached hydrogen (secondary N) is 2. The van der Waals surface area contributed by atoms with Crippen LogP contribution in [0.15, 0.2) is 70.3 Å². The highest BCUT2D eigenvalue weighted by Crippen LogP contribution is 2.36.